The van der Waals surface area contributed by atoms with E-state index in [0.29, 0.717) is 18.7 Å². The molecule has 0 saturated carbocycles. The van der Waals surface area contributed by atoms with Crippen molar-refractivity contribution in [1.82, 2.24) is 9.78 Å². The molecule has 0 saturated heterocycles. The number of hydrogen-bond donors (Lipinski definition) is 1. The van der Waals surface area contributed by atoms with E-state index in [1.165, 1.54) is 16.8 Å². The number of aromatic nitrogens is 2. The molecule has 1 amide bonds. The molecule has 0 fully saturated rings. The van der Waals surface area contributed by atoms with E-state index in [9.17, 15) is 18.4 Å². The molecule has 0 atom stereocenters. The van der Waals surface area contributed by atoms with Gasteiger partial charge in [0.1, 0.15) is 5.75 Å². The van der Waals surface area contributed by atoms with Crippen molar-refractivity contribution in [2.24, 2.45) is 0 Å². The van der Waals surface area contributed by atoms with Crippen molar-refractivity contribution < 1.29 is 18.3 Å². The van der Waals surface area contributed by atoms with Gasteiger partial charge >= 0.3 is 0 Å². The Morgan fingerprint density at radius 1 is 1.07 bits per heavy atom. The first-order valence-electron chi connectivity index (χ1n) is 9.52. The number of halogens is 2. The lowest BCUT2D eigenvalue weighted by Crippen LogP contribution is -2.23. The molecule has 1 aromatic heterocycles. The lowest BCUT2D eigenvalue weighted by atomic mass is 10.1. The molecule has 6 nitrogen and oxygen atoms in total. The van der Waals surface area contributed by atoms with Gasteiger partial charge in [0.25, 0.3) is 5.56 Å². The predicted octanol–water partition coefficient (Wildman–Crippen LogP) is 4.01. The zero-order chi connectivity index (χ0) is 21.5. The Bertz CT molecular complexity index is 1080. The quantitative estimate of drug-likeness (QED) is 0.606. The lowest BCUT2D eigenvalue weighted by molar-refractivity contribution is -0.116. The Morgan fingerprint density at radius 3 is 2.53 bits per heavy atom. The normalized spacial score (nSPS) is 10.6. The molecule has 0 bridgehead atoms. The van der Waals surface area contributed by atoms with E-state index in [1.807, 2.05) is 31.2 Å². The lowest BCUT2D eigenvalue weighted by Gasteiger charge is -2.09. The van der Waals surface area contributed by atoms with Crippen LogP contribution in [-0.4, -0.2) is 22.3 Å². The second-order valence-electron chi connectivity index (χ2n) is 6.52. The summed E-state index contributed by atoms with van der Waals surface area (Å²) in [7, 11) is 0. The first kappa shape index (κ1) is 21.2. The molecule has 0 unspecified atom stereocenters. The number of hydrogen-bond acceptors (Lipinski definition) is 4. The molecule has 3 rings (SSSR count). The van der Waals surface area contributed by atoms with Crippen molar-refractivity contribution in [3.05, 3.63) is 76.6 Å². The second-order valence-corrected chi connectivity index (χ2v) is 6.52. The highest BCUT2D eigenvalue weighted by Gasteiger charge is 2.08. The Labute approximate surface area is 172 Å². The summed E-state index contributed by atoms with van der Waals surface area (Å²) >= 11 is 0. The fraction of sp³-hybridized carbons (Fsp3) is 0.227. The Balaban J connectivity index is 1.59. The monoisotopic (exact) mass is 413 g/mol. The number of nitrogens with zero attached hydrogens (tertiary/aromatic N) is 2. The van der Waals surface area contributed by atoms with Gasteiger partial charge in [-0.1, -0.05) is 0 Å². The van der Waals surface area contributed by atoms with Crippen LogP contribution in [0.3, 0.4) is 0 Å². The third kappa shape index (κ3) is 5.50. The summed E-state index contributed by atoms with van der Waals surface area (Å²) in [5.41, 5.74) is 1.37. The first-order valence-corrected chi connectivity index (χ1v) is 9.52. The topological polar surface area (TPSA) is 73.2 Å². The van der Waals surface area contributed by atoms with Gasteiger partial charge < -0.3 is 10.1 Å². The smallest absolute Gasteiger partial charge is 0.266 e. The highest BCUT2D eigenvalue weighted by Crippen LogP contribution is 2.20. The summed E-state index contributed by atoms with van der Waals surface area (Å²) in [5, 5.41) is 6.86. The summed E-state index contributed by atoms with van der Waals surface area (Å²) in [4.78, 5) is 24.1. The predicted molar refractivity (Wildman–Crippen MR) is 109 cm³/mol. The molecular weight excluding hydrogens is 392 g/mol. The Morgan fingerprint density at radius 2 is 1.83 bits per heavy atom. The van der Waals surface area contributed by atoms with E-state index >= 15 is 0 Å². The largest absolute Gasteiger partial charge is 0.494 e. The minimum Gasteiger partial charge on any atom is -0.494 e. The zero-order valence-electron chi connectivity index (χ0n) is 16.4. The van der Waals surface area contributed by atoms with Crippen LogP contribution < -0.4 is 15.6 Å². The summed E-state index contributed by atoms with van der Waals surface area (Å²) < 4.78 is 32.9. The van der Waals surface area contributed by atoms with Gasteiger partial charge in [0.2, 0.25) is 5.91 Å². The molecule has 30 heavy (non-hydrogen) atoms. The van der Waals surface area contributed by atoms with Crippen molar-refractivity contribution in [3.63, 3.8) is 0 Å². The molecule has 0 radical (unpaired) electrons. The number of rotatable bonds is 8. The van der Waals surface area contributed by atoms with Gasteiger partial charge in [-0.3, -0.25) is 9.59 Å². The highest BCUT2D eigenvalue weighted by atomic mass is 19.2. The summed E-state index contributed by atoms with van der Waals surface area (Å²) in [6.07, 6.45) is 0.454. The standard InChI is InChI=1S/C22H21F2N3O3/c1-2-30-17-8-5-15(6-9-17)20-11-12-22(29)27(26-20)13-3-4-21(28)25-16-7-10-18(23)19(24)14-16/h5-12,14H,2-4,13H2,1H3,(H,25,28). The molecule has 0 aliphatic heterocycles. The number of ether oxygens (including phenoxy) is 1. The summed E-state index contributed by atoms with van der Waals surface area (Å²) in [5.74, 6) is -1.63. The van der Waals surface area contributed by atoms with Gasteiger partial charge in [-0.05, 0) is 55.8 Å². The minimum absolute atomic E-state index is 0.0976. The van der Waals surface area contributed by atoms with E-state index in [1.54, 1.807) is 6.07 Å². The highest BCUT2D eigenvalue weighted by molar-refractivity contribution is 5.90. The average molecular weight is 413 g/mol. The molecule has 2 aromatic carbocycles. The SMILES string of the molecule is CCOc1ccc(-c2ccc(=O)n(CCCC(=O)Nc3ccc(F)c(F)c3)n2)cc1. The third-order valence-corrected chi connectivity index (χ3v) is 4.30. The average Bonchev–Trinajstić information content (AvgIpc) is 2.73. The van der Waals surface area contributed by atoms with Crippen LogP contribution in [0.25, 0.3) is 11.3 Å². The number of nitrogens with one attached hydrogen (secondary N) is 1. The van der Waals surface area contributed by atoms with E-state index in [2.05, 4.69) is 10.4 Å². The maximum absolute atomic E-state index is 13.2. The van der Waals surface area contributed by atoms with Crippen LogP contribution >= 0.6 is 0 Å². The molecule has 0 spiro atoms. The summed E-state index contributed by atoms with van der Waals surface area (Å²) in [6, 6.07) is 13.6. The van der Waals surface area contributed by atoms with Crippen LogP contribution in [0.5, 0.6) is 5.75 Å². The fourth-order valence-corrected chi connectivity index (χ4v) is 2.84. The van der Waals surface area contributed by atoms with Crippen molar-refractivity contribution in [1.29, 1.82) is 0 Å². The number of amides is 1. The van der Waals surface area contributed by atoms with Gasteiger partial charge in [-0.2, -0.15) is 5.10 Å². The van der Waals surface area contributed by atoms with Crippen LogP contribution in [-0.2, 0) is 11.3 Å². The molecule has 0 aliphatic carbocycles. The molecule has 1 heterocycles. The Kier molecular flexibility index (Phi) is 6.90. The van der Waals surface area contributed by atoms with Gasteiger partial charge in [0, 0.05) is 36.3 Å². The van der Waals surface area contributed by atoms with E-state index in [4.69, 9.17) is 4.74 Å². The number of carbonyl (C=O) groups is 1. The van der Waals surface area contributed by atoms with Gasteiger partial charge in [0.15, 0.2) is 11.6 Å². The van der Waals surface area contributed by atoms with Crippen molar-refractivity contribution in [3.8, 4) is 17.0 Å². The van der Waals surface area contributed by atoms with Gasteiger partial charge in [-0.15, -0.1) is 0 Å². The van der Waals surface area contributed by atoms with Gasteiger partial charge in [0.05, 0.1) is 12.3 Å². The Hall–Kier alpha value is -3.55. The van der Waals surface area contributed by atoms with Crippen LogP contribution in [0, 0.1) is 11.6 Å². The molecular formula is C22H21F2N3O3. The van der Waals surface area contributed by atoms with Crippen molar-refractivity contribution in [2.75, 3.05) is 11.9 Å². The number of aryl methyl sites for hydroxylation is 1. The van der Waals surface area contributed by atoms with Crippen molar-refractivity contribution >= 4 is 11.6 Å². The summed E-state index contributed by atoms with van der Waals surface area (Å²) in [6.45, 7) is 2.73. The molecule has 156 valence electrons. The van der Waals surface area contributed by atoms with Crippen LogP contribution in [0.15, 0.2) is 59.4 Å². The first-order chi connectivity index (χ1) is 14.5. The maximum atomic E-state index is 13.2. The second kappa shape index (κ2) is 9.78. The van der Waals surface area contributed by atoms with Crippen LogP contribution in [0.2, 0.25) is 0 Å². The third-order valence-electron chi connectivity index (χ3n) is 4.30. The number of carbonyl (C=O) groups excluding carboxylic acids is 1. The molecule has 0 aliphatic rings. The van der Waals surface area contributed by atoms with Crippen LogP contribution in [0.4, 0.5) is 14.5 Å². The van der Waals surface area contributed by atoms with Crippen molar-refractivity contribution in [2.45, 2.75) is 26.3 Å². The zero-order valence-corrected chi connectivity index (χ0v) is 16.4. The van der Waals surface area contributed by atoms with E-state index in [-0.39, 0.29) is 30.1 Å². The maximum Gasteiger partial charge on any atom is 0.266 e. The number of benzene rings is 2. The van der Waals surface area contributed by atoms with Gasteiger partial charge in [-0.25, -0.2) is 13.5 Å². The van der Waals surface area contributed by atoms with E-state index < -0.39 is 11.6 Å². The molecule has 8 heteroatoms. The molecule has 3 aromatic rings. The van der Waals surface area contributed by atoms with E-state index in [0.717, 1.165) is 23.4 Å². The fourth-order valence-electron chi connectivity index (χ4n) is 2.84. The molecule has 1 N–H and O–H groups in total. The minimum atomic E-state index is -1.03. The van der Waals surface area contributed by atoms with Crippen LogP contribution in [0.1, 0.15) is 19.8 Å². The number of anilines is 1.